The normalized spacial score (nSPS) is 10.3. The number of anilines is 1. The van der Waals surface area contributed by atoms with Crippen molar-refractivity contribution in [3.8, 4) is 0 Å². The third-order valence-electron chi connectivity index (χ3n) is 2.30. The van der Waals surface area contributed by atoms with Gasteiger partial charge in [-0.3, -0.25) is 10.1 Å². The molecule has 2 rings (SSSR count). The molecule has 0 bridgehead atoms. The molecule has 0 amide bonds. The predicted octanol–water partition coefficient (Wildman–Crippen LogP) is 2.92. The summed E-state index contributed by atoms with van der Waals surface area (Å²) in [6.07, 6.45) is 3.09. The van der Waals surface area contributed by atoms with Gasteiger partial charge in [0.15, 0.2) is 0 Å². The SMILES string of the molecule is CNc1cc(CSc2ncco2)ccc1[N+](=O)[O-]. The van der Waals surface area contributed by atoms with Crippen molar-refractivity contribution in [1.29, 1.82) is 0 Å². The molecule has 0 atom stereocenters. The number of nitrogens with one attached hydrogen (secondary N) is 1. The first-order valence-electron chi connectivity index (χ1n) is 5.18. The summed E-state index contributed by atoms with van der Waals surface area (Å²) in [4.78, 5) is 14.4. The fourth-order valence-electron chi connectivity index (χ4n) is 1.46. The fourth-order valence-corrected chi connectivity index (χ4v) is 2.19. The third-order valence-corrected chi connectivity index (χ3v) is 3.23. The lowest BCUT2D eigenvalue weighted by Crippen LogP contribution is -1.97. The first kappa shape index (κ1) is 12.4. The monoisotopic (exact) mass is 265 g/mol. The first-order chi connectivity index (χ1) is 8.70. The number of hydrogen-bond acceptors (Lipinski definition) is 6. The molecular formula is C11H11N3O3S. The topological polar surface area (TPSA) is 81.2 Å². The maximum Gasteiger partial charge on any atom is 0.292 e. The van der Waals surface area contributed by atoms with E-state index in [0.717, 1.165) is 5.56 Å². The second kappa shape index (κ2) is 5.54. The van der Waals surface area contributed by atoms with Gasteiger partial charge in [0, 0.05) is 18.9 Å². The molecule has 1 aromatic heterocycles. The van der Waals surface area contributed by atoms with Crippen LogP contribution >= 0.6 is 11.8 Å². The third kappa shape index (κ3) is 2.80. The number of nitro groups is 1. The summed E-state index contributed by atoms with van der Waals surface area (Å²) in [5.74, 6) is 0.646. The summed E-state index contributed by atoms with van der Waals surface area (Å²) < 4.78 is 5.10. The molecule has 0 aliphatic carbocycles. The van der Waals surface area contributed by atoms with Crippen molar-refractivity contribution in [2.24, 2.45) is 0 Å². The summed E-state index contributed by atoms with van der Waals surface area (Å²) in [6.45, 7) is 0. The van der Waals surface area contributed by atoms with E-state index in [1.165, 1.54) is 24.1 Å². The number of nitro benzene ring substituents is 1. The minimum atomic E-state index is -0.406. The Morgan fingerprint density at radius 1 is 1.56 bits per heavy atom. The van der Waals surface area contributed by atoms with Crippen LogP contribution in [0.2, 0.25) is 0 Å². The van der Waals surface area contributed by atoms with Crippen molar-refractivity contribution in [3.63, 3.8) is 0 Å². The van der Waals surface area contributed by atoms with Crippen molar-refractivity contribution in [1.82, 2.24) is 4.98 Å². The summed E-state index contributed by atoms with van der Waals surface area (Å²) in [6, 6.07) is 4.99. The van der Waals surface area contributed by atoms with Gasteiger partial charge in [-0.25, -0.2) is 4.98 Å². The van der Waals surface area contributed by atoms with Crippen molar-refractivity contribution in [2.45, 2.75) is 11.0 Å². The van der Waals surface area contributed by atoms with Crippen LogP contribution in [-0.4, -0.2) is 17.0 Å². The smallest absolute Gasteiger partial charge is 0.292 e. The Labute approximate surface area is 108 Å². The molecule has 7 heteroatoms. The molecule has 0 unspecified atom stereocenters. The van der Waals surface area contributed by atoms with Crippen LogP contribution in [0.1, 0.15) is 5.56 Å². The molecule has 0 fully saturated rings. The minimum Gasteiger partial charge on any atom is -0.440 e. The number of rotatable bonds is 5. The minimum absolute atomic E-state index is 0.0716. The molecular weight excluding hydrogens is 254 g/mol. The van der Waals surface area contributed by atoms with Crippen LogP contribution in [0, 0.1) is 10.1 Å². The lowest BCUT2D eigenvalue weighted by Gasteiger charge is -2.04. The molecule has 0 saturated heterocycles. The molecule has 0 radical (unpaired) electrons. The Bertz CT molecular complexity index is 542. The molecule has 94 valence electrons. The molecule has 6 nitrogen and oxygen atoms in total. The molecule has 0 saturated carbocycles. The first-order valence-corrected chi connectivity index (χ1v) is 6.16. The highest BCUT2D eigenvalue weighted by molar-refractivity contribution is 7.98. The summed E-state index contributed by atoms with van der Waals surface area (Å²) in [5, 5.41) is 14.2. The van der Waals surface area contributed by atoms with Gasteiger partial charge < -0.3 is 9.73 Å². The molecule has 1 aromatic carbocycles. The van der Waals surface area contributed by atoms with Crippen LogP contribution in [0.3, 0.4) is 0 Å². The Kier molecular flexibility index (Phi) is 3.83. The lowest BCUT2D eigenvalue weighted by molar-refractivity contribution is -0.383. The van der Waals surface area contributed by atoms with E-state index in [2.05, 4.69) is 10.3 Å². The van der Waals surface area contributed by atoms with Gasteiger partial charge in [0.25, 0.3) is 10.9 Å². The second-order valence-electron chi connectivity index (χ2n) is 3.45. The van der Waals surface area contributed by atoms with Gasteiger partial charge in [-0.2, -0.15) is 0 Å². The van der Waals surface area contributed by atoms with Gasteiger partial charge in [-0.05, 0) is 11.6 Å². The maximum absolute atomic E-state index is 10.8. The standard InChI is InChI=1S/C11H11N3O3S/c1-12-9-6-8(2-3-10(9)14(15)16)7-18-11-13-4-5-17-11/h2-6,12H,7H2,1H3. The van der Waals surface area contributed by atoms with E-state index < -0.39 is 4.92 Å². The number of hydrogen-bond donors (Lipinski definition) is 1. The van der Waals surface area contributed by atoms with Gasteiger partial charge >= 0.3 is 0 Å². The highest BCUT2D eigenvalue weighted by Crippen LogP contribution is 2.28. The van der Waals surface area contributed by atoms with Crippen molar-refractivity contribution in [3.05, 3.63) is 46.3 Å². The van der Waals surface area contributed by atoms with Gasteiger partial charge in [0.1, 0.15) is 12.0 Å². The van der Waals surface area contributed by atoms with Crippen molar-refractivity contribution >= 4 is 23.1 Å². The Morgan fingerprint density at radius 2 is 2.39 bits per heavy atom. The fraction of sp³-hybridized carbons (Fsp3) is 0.182. The summed E-state index contributed by atoms with van der Waals surface area (Å²) >= 11 is 1.44. The van der Waals surface area contributed by atoms with E-state index in [1.54, 1.807) is 25.4 Å². The number of oxazole rings is 1. The van der Waals surface area contributed by atoms with Crippen LogP contribution in [-0.2, 0) is 5.75 Å². The van der Waals surface area contributed by atoms with Crippen LogP contribution in [0.25, 0.3) is 0 Å². The lowest BCUT2D eigenvalue weighted by atomic mass is 10.2. The zero-order valence-corrected chi connectivity index (χ0v) is 10.4. The highest BCUT2D eigenvalue weighted by Gasteiger charge is 2.13. The Hall–Kier alpha value is -2.02. The van der Waals surface area contributed by atoms with Crippen LogP contribution in [0.15, 0.2) is 40.3 Å². The molecule has 0 aliphatic heterocycles. The van der Waals surface area contributed by atoms with E-state index >= 15 is 0 Å². The van der Waals surface area contributed by atoms with Gasteiger partial charge in [0.05, 0.1) is 11.1 Å². The van der Waals surface area contributed by atoms with E-state index in [9.17, 15) is 10.1 Å². The Morgan fingerprint density at radius 3 is 3.00 bits per heavy atom. The molecule has 1 heterocycles. The molecule has 18 heavy (non-hydrogen) atoms. The van der Waals surface area contributed by atoms with E-state index in [-0.39, 0.29) is 5.69 Å². The molecule has 0 aliphatic rings. The van der Waals surface area contributed by atoms with E-state index in [4.69, 9.17) is 4.42 Å². The number of aromatic nitrogens is 1. The van der Waals surface area contributed by atoms with Crippen LogP contribution in [0.4, 0.5) is 11.4 Å². The molecule has 2 aromatic rings. The quantitative estimate of drug-likeness (QED) is 0.508. The van der Waals surface area contributed by atoms with Gasteiger partial charge in [0.2, 0.25) is 0 Å². The number of thioether (sulfide) groups is 1. The zero-order valence-electron chi connectivity index (χ0n) is 9.62. The average Bonchev–Trinajstić information content (AvgIpc) is 2.88. The molecule has 0 spiro atoms. The van der Waals surface area contributed by atoms with Crippen LogP contribution < -0.4 is 5.32 Å². The van der Waals surface area contributed by atoms with Gasteiger partial charge in [-0.1, -0.05) is 17.8 Å². The van der Waals surface area contributed by atoms with E-state index in [0.29, 0.717) is 16.7 Å². The largest absolute Gasteiger partial charge is 0.440 e. The molecule has 1 N–H and O–H groups in total. The number of benzene rings is 1. The average molecular weight is 265 g/mol. The number of nitrogens with zero attached hydrogens (tertiary/aromatic N) is 2. The van der Waals surface area contributed by atoms with Crippen LogP contribution in [0.5, 0.6) is 0 Å². The maximum atomic E-state index is 10.8. The Balaban J connectivity index is 2.12. The zero-order chi connectivity index (χ0) is 13.0. The van der Waals surface area contributed by atoms with Gasteiger partial charge in [-0.15, -0.1) is 0 Å². The summed E-state index contributed by atoms with van der Waals surface area (Å²) in [5.41, 5.74) is 1.54. The highest BCUT2D eigenvalue weighted by atomic mass is 32.2. The van der Waals surface area contributed by atoms with Crippen molar-refractivity contribution < 1.29 is 9.34 Å². The van der Waals surface area contributed by atoms with Crippen molar-refractivity contribution in [2.75, 3.05) is 12.4 Å². The van der Waals surface area contributed by atoms with E-state index in [1.807, 2.05) is 0 Å². The predicted molar refractivity (Wildman–Crippen MR) is 68.7 cm³/mol. The second-order valence-corrected chi connectivity index (χ2v) is 4.37. The summed E-state index contributed by atoms with van der Waals surface area (Å²) in [7, 11) is 1.66.